The molecule has 0 aliphatic rings. The third-order valence-electron chi connectivity index (χ3n) is 1.61. The standard InChI is InChI=1S/C5H12N2.C5H9NO.C4H6N2.C4H9NO.C3H6N2O2.C3H6O/c1-5(2)6-7(3)4;1-4(2)6-5(3)7;1-4(2)6-3-5;1-4(2)5-6-3;1-3(2)4-5(6)7;1-3(2)4/h1-4H3;1-3H3;1-2H3;1-3H3;1-2H3;1-2H3. The third kappa shape index (κ3) is 146. The smallest absolute Gasteiger partial charge is 0.242 e. The first-order valence-corrected chi connectivity index (χ1v) is 10.9. The van der Waals surface area contributed by atoms with Crippen LogP contribution in [0.4, 0.5) is 0 Å². The zero-order chi connectivity index (χ0) is 31.1. The van der Waals surface area contributed by atoms with E-state index in [0.29, 0.717) is 5.71 Å². The number of hydrazone groups is 2. The predicted octanol–water partition coefficient (Wildman–Crippen LogP) is 5.19. The van der Waals surface area contributed by atoms with Gasteiger partial charge in [0, 0.05) is 38.2 Å². The van der Waals surface area contributed by atoms with E-state index in [1.807, 2.05) is 41.8 Å². The second kappa shape index (κ2) is 34.3. The summed E-state index contributed by atoms with van der Waals surface area (Å²) in [7, 11) is 5.35. The Morgan fingerprint density at radius 2 is 1.19 bits per heavy atom. The molecule has 0 aromatic carbocycles. The van der Waals surface area contributed by atoms with E-state index in [1.165, 1.54) is 27.9 Å². The van der Waals surface area contributed by atoms with E-state index in [1.54, 1.807) is 52.7 Å². The van der Waals surface area contributed by atoms with Crippen LogP contribution in [0, 0.1) is 21.6 Å². The Kier molecular flexibility index (Phi) is 43.2. The van der Waals surface area contributed by atoms with Crippen LogP contribution in [0.15, 0.2) is 25.3 Å². The van der Waals surface area contributed by atoms with Crippen molar-refractivity contribution in [3.05, 3.63) is 10.1 Å². The molecule has 0 spiro atoms. The number of rotatable bonds is 3. The van der Waals surface area contributed by atoms with Gasteiger partial charge in [-0.2, -0.15) is 15.4 Å². The largest absolute Gasteiger partial charge is 0.399 e. The number of nitro groups is 1. The van der Waals surface area contributed by atoms with E-state index in [4.69, 9.17) is 5.26 Å². The van der Waals surface area contributed by atoms with Gasteiger partial charge in [-0.05, 0) is 83.1 Å². The van der Waals surface area contributed by atoms with E-state index < -0.39 is 5.03 Å². The lowest BCUT2D eigenvalue weighted by Crippen LogP contribution is -2.03. The summed E-state index contributed by atoms with van der Waals surface area (Å²) in [6.45, 7) is 22.5. The molecule has 13 nitrogen and oxygen atoms in total. The van der Waals surface area contributed by atoms with Crippen LogP contribution in [0.3, 0.4) is 0 Å². The minimum absolute atomic E-state index is 0.125. The Bertz CT molecular complexity index is 769. The summed E-state index contributed by atoms with van der Waals surface area (Å²) >= 11 is 0. The van der Waals surface area contributed by atoms with E-state index in [9.17, 15) is 19.7 Å². The van der Waals surface area contributed by atoms with Gasteiger partial charge >= 0.3 is 0 Å². The van der Waals surface area contributed by atoms with Gasteiger partial charge in [-0.1, -0.05) is 5.16 Å². The third-order valence-corrected chi connectivity index (χ3v) is 1.61. The van der Waals surface area contributed by atoms with Crippen molar-refractivity contribution in [1.82, 2.24) is 5.01 Å². The van der Waals surface area contributed by atoms with Gasteiger partial charge in [0.25, 0.3) is 0 Å². The van der Waals surface area contributed by atoms with Crippen LogP contribution in [0.25, 0.3) is 0 Å². The van der Waals surface area contributed by atoms with E-state index in [2.05, 4.69) is 30.2 Å². The molecule has 0 heterocycles. The first-order valence-electron chi connectivity index (χ1n) is 10.9. The Labute approximate surface area is 223 Å². The van der Waals surface area contributed by atoms with Gasteiger partial charge in [0.05, 0.1) is 16.5 Å². The zero-order valence-corrected chi connectivity index (χ0v) is 25.6. The molecular formula is C24H48N8O5. The lowest BCUT2D eigenvalue weighted by Gasteiger charge is -2.02. The van der Waals surface area contributed by atoms with Crippen LogP contribution in [0.1, 0.15) is 90.0 Å². The summed E-state index contributed by atoms with van der Waals surface area (Å²) in [5.41, 5.74) is 4.11. The molecule has 37 heavy (non-hydrogen) atoms. The number of Topliss-reactive ketones (excluding diaryl/α,β-unsaturated/α-hetero) is 1. The SMILES string of the molecule is CC(=O)N=C(C)C.CC(C)=NC#N.CC(C)=NN(C)C.CC(C)=N[N+](=O)[O-].CC(C)=O.CON=C(C)C. The van der Waals surface area contributed by atoms with Crippen molar-refractivity contribution in [2.75, 3.05) is 21.2 Å². The van der Waals surface area contributed by atoms with Gasteiger partial charge < -0.3 is 14.6 Å². The van der Waals surface area contributed by atoms with Crippen molar-refractivity contribution in [1.29, 1.82) is 5.26 Å². The molecular weight excluding hydrogens is 480 g/mol. The maximum Gasteiger partial charge on any atom is 0.242 e. The number of hydrogen-bond acceptors (Lipinski definition) is 10. The van der Waals surface area contributed by atoms with Gasteiger partial charge in [-0.15, -0.1) is 0 Å². The molecule has 0 aromatic rings. The molecule has 0 N–H and O–H groups in total. The van der Waals surface area contributed by atoms with E-state index >= 15 is 0 Å². The number of carbonyl (C=O) groups is 2. The normalized spacial score (nSPS) is 7.32. The van der Waals surface area contributed by atoms with Crippen molar-refractivity contribution in [3.8, 4) is 6.19 Å². The number of nitrogens with zero attached hydrogens (tertiary/aromatic N) is 8. The second-order valence-electron chi connectivity index (χ2n) is 8.05. The van der Waals surface area contributed by atoms with Crippen molar-refractivity contribution in [2.24, 2.45) is 25.3 Å². The molecule has 0 atom stereocenters. The maximum atomic E-state index is 10.1. The monoisotopic (exact) mass is 528 g/mol. The molecule has 0 aliphatic carbocycles. The number of nitriles is 1. The molecule has 13 heteroatoms. The molecule has 0 saturated carbocycles. The highest BCUT2D eigenvalue weighted by molar-refractivity contribution is 5.91. The highest BCUT2D eigenvalue weighted by Gasteiger charge is 1.85. The number of ketones is 1. The average Bonchev–Trinajstić information content (AvgIpc) is 2.59. The molecule has 0 aliphatic heterocycles. The van der Waals surface area contributed by atoms with Crippen molar-refractivity contribution in [3.63, 3.8) is 0 Å². The fraction of sp³-hybridized carbons (Fsp3) is 0.667. The van der Waals surface area contributed by atoms with Crippen LogP contribution < -0.4 is 0 Å². The van der Waals surface area contributed by atoms with E-state index in [0.717, 1.165) is 22.8 Å². The Hall–Kier alpha value is -3.82. The number of hydrogen-bond donors (Lipinski definition) is 0. The van der Waals surface area contributed by atoms with Crippen molar-refractivity contribution in [2.45, 2.75) is 90.0 Å². The van der Waals surface area contributed by atoms with Gasteiger partial charge in [0.15, 0.2) is 5.03 Å². The fourth-order valence-electron chi connectivity index (χ4n) is 1.16. The van der Waals surface area contributed by atoms with Crippen molar-refractivity contribution >= 4 is 40.2 Å². The Balaban J connectivity index is -0.0000000785. The molecule has 0 fully saturated rings. The molecule has 214 valence electrons. The first kappa shape index (κ1) is 46.5. The number of oxime groups is 1. The predicted molar refractivity (Wildman–Crippen MR) is 154 cm³/mol. The molecule has 1 amide bonds. The quantitative estimate of drug-likeness (QED) is 0.209. The summed E-state index contributed by atoms with van der Waals surface area (Å²) in [5.74, 6) is 0.0417. The van der Waals surface area contributed by atoms with Gasteiger partial charge in [-0.25, -0.2) is 15.1 Å². The summed E-state index contributed by atoms with van der Waals surface area (Å²) in [4.78, 5) is 40.2. The minimum atomic E-state index is -0.713. The van der Waals surface area contributed by atoms with Crippen LogP contribution in [-0.4, -0.2) is 71.5 Å². The fourth-order valence-corrected chi connectivity index (χ4v) is 1.16. The zero-order valence-electron chi connectivity index (χ0n) is 25.6. The molecule has 0 saturated heterocycles. The Morgan fingerprint density at radius 1 is 0.784 bits per heavy atom. The number of carbonyl (C=O) groups excluding carboxylic acids is 2. The maximum absolute atomic E-state index is 10.1. The van der Waals surface area contributed by atoms with Gasteiger partial charge in [0.1, 0.15) is 12.9 Å². The molecule has 0 radical (unpaired) electrons. The average molecular weight is 529 g/mol. The highest BCUT2D eigenvalue weighted by atomic mass is 16.7. The highest BCUT2D eigenvalue weighted by Crippen LogP contribution is 1.77. The lowest BCUT2D eigenvalue weighted by atomic mass is 10.5. The summed E-state index contributed by atoms with van der Waals surface area (Å²) in [6, 6.07) is 0. The lowest BCUT2D eigenvalue weighted by molar-refractivity contribution is -0.485. The molecule has 0 rings (SSSR count). The summed E-state index contributed by atoms with van der Waals surface area (Å²) in [5, 5.41) is 28.8. The summed E-state index contributed by atoms with van der Waals surface area (Å²) < 4.78 is 0. The molecule has 0 aromatic heterocycles. The van der Waals surface area contributed by atoms with Crippen LogP contribution >= 0.6 is 0 Å². The van der Waals surface area contributed by atoms with Crippen LogP contribution in [0.5, 0.6) is 0 Å². The van der Waals surface area contributed by atoms with E-state index in [-0.39, 0.29) is 11.7 Å². The first-order chi connectivity index (χ1) is 16.6. The molecule has 0 unspecified atom stereocenters. The molecule has 0 bridgehead atoms. The van der Waals surface area contributed by atoms with Gasteiger partial charge in [-0.3, -0.25) is 4.79 Å². The number of amides is 1. The van der Waals surface area contributed by atoms with Gasteiger partial charge in [0.2, 0.25) is 12.1 Å². The summed E-state index contributed by atoms with van der Waals surface area (Å²) in [6.07, 6.45) is 1.66. The van der Waals surface area contributed by atoms with Crippen molar-refractivity contribution < 1.29 is 19.5 Å². The van der Waals surface area contributed by atoms with Crippen LogP contribution in [-0.2, 0) is 14.4 Å². The topological polar surface area (TPSA) is 175 Å². The minimum Gasteiger partial charge on any atom is -0.399 e. The van der Waals surface area contributed by atoms with Crippen LogP contribution in [0.2, 0.25) is 0 Å². The second-order valence-corrected chi connectivity index (χ2v) is 8.05. The number of aliphatic imine (C=N–C) groups is 2. The Morgan fingerprint density at radius 3 is 1.19 bits per heavy atom.